The van der Waals surface area contributed by atoms with E-state index in [1.54, 1.807) is 6.20 Å². The van der Waals surface area contributed by atoms with E-state index in [9.17, 15) is 9.18 Å². The molecule has 9 heteroatoms. The number of anilines is 2. The zero-order valence-electron chi connectivity index (χ0n) is 18.3. The molecular weight excluding hydrogens is 423 g/mol. The second-order valence-electron chi connectivity index (χ2n) is 8.39. The molecule has 0 radical (unpaired) electrons. The first kappa shape index (κ1) is 21.3. The van der Waals surface area contributed by atoms with Gasteiger partial charge in [0.15, 0.2) is 5.82 Å². The van der Waals surface area contributed by atoms with Crippen molar-refractivity contribution in [3.05, 3.63) is 54.6 Å². The lowest BCUT2D eigenvalue weighted by Crippen LogP contribution is -2.44. The molecule has 2 aliphatic rings. The van der Waals surface area contributed by atoms with Gasteiger partial charge >= 0.3 is 6.03 Å². The molecule has 5 rings (SSSR count). The second kappa shape index (κ2) is 9.11. The quantitative estimate of drug-likeness (QED) is 0.616. The first-order valence-electron chi connectivity index (χ1n) is 11.1. The molecule has 1 saturated carbocycles. The highest BCUT2D eigenvalue weighted by Crippen LogP contribution is 2.28. The summed E-state index contributed by atoms with van der Waals surface area (Å²) < 4.78 is 19.4. The SMILES string of the molecule is CC1COCCN1c1cc(-c2ccc(NC(=O)NC3CC3)cc2)nc(-c2cncc(F)c2)n1. The number of urea groups is 1. The fraction of sp³-hybridized carbons (Fsp3) is 0.333. The molecule has 3 heterocycles. The molecule has 2 aromatic heterocycles. The van der Waals surface area contributed by atoms with Crippen molar-refractivity contribution >= 4 is 17.5 Å². The summed E-state index contributed by atoms with van der Waals surface area (Å²) >= 11 is 0. The van der Waals surface area contributed by atoms with Gasteiger partial charge < -0.3 is 20.3 Å². The van der Waals surface area contributed by atoms with Crippen molar-refractivity contribution in [2.45, 2.75) is 31.8 Å². The van der Waals surface area contributed by atoms with Crippen molar-refractivity contribution in [2.24, 2.45) is 0 Å². The van der Waals surface area contributed by atoms with E-state index < -0.39 is 5.82 Å². The summed E-state index contributed by atoms with van der Waals surface area (Å²) in [5, 5.41) is 5.75. The Balaban J connectivity index is 1.47. The number of benzene rings is 1. The van der Waals surface area contributed by atoms with Gasteiger partial charge in [0.2, 0.25) is 0 Å². The zero-order valence-corrected chi connectivity index (χ0v) is 18.3. The van der Waals surface area contributed by atoms with E-state index in [0.717, 1.165) is 30.4 Å². The van der Waals surface area contributed by atoms with Crippen LogP contribution in [0.1, 0.15) is 19.8 Å². The number of morpholine rings is 1. The van der Waals surface area contributed by atoms with Crippen LogP contribution in [0.25, 0.3) is 22.6 Å². The summed E-state index contributed by atoms with van der Waals surface area (Å²) in [7, 11) is 0. The van der Waals surface area contributed by atoms with E-state index >= 15 is 0 Å². The minimum Gasteiger partial charge on any atom is -0.377 e. The van der Waals surface area contributed by atoms with Crippen molar-refractivity contribution in [3.63, 3.8) is 0 Å². The minimum atomic E-state index is -0.442. The number of ether oxygens (including phenoxy) is 1. The largest absolute Gasteiger partial charge is 0.377 e. The molecule has 3 aromatic rings. The van der Waals surface area contributed by atoms with Crippen LogP contribution in [0.4, 0.5) is 20.7 Å². The third kappa shape index (κ3) is 5.09. The van der Waals surface area contributed by atoms with Crippen LogP contribution < -0.4 is 15.5 Å². The molecule has 1 unspecified atom stereocenters. The lowest BCUT2D eigenvalue weighted by Gasteiger charge is -2.34. The summed E-state index contributed by atoms with van der Waals surface area (Å²) in [5.41, 5.74) is 2.77. The third-order valence-corrected chi connectivity index (χ3v) is 5.69. The molecule has 1 aromatic carbocycles. The highest BCUT2D eigenvalue weighted by molar-refractivity contribution is 5.90. The van der Waals surface area contributed by atoms with Crippen molar-refractivity contribution in [1.29, 1.82) is 0 Å². The number of aromatic nitrogens is 3. The Hall–Kier alpha value is -3.59. The van der Waals surface area contributed by atoms with E-state index in [-0.39, 0.29) is 12.1 Å². The first-order chi connectivity index (χ1) is 16.0. The van der Waals surface area contributed by atoms with Gasteiger partial charge in [-0.25, -0.2) is 19.2 Å². The Morgan fingerprint density at radius 1 is 1.12 bits per heavy atom. The number of nitrogens with zero attached hydrogens (tertiary/aromatic N) is 4. The number of carbonyl (C=O) groups is 1. The van der Waals surface area contributed by atoms with Gasteiger partial charge in [-0.3, -0.25) is 4.98 Å². The lowest BCUT2D eigenvalue weighted by molar-refractivity contribution is 0.0985. The van der Waals surface area contributed by atoms with Crippen LogP contribution in [0.15, 0.2) is 48.8 Å². The van der Waals surface area contributed by atoms with Crippen molar-refractivity contribution in [2.75, 3.05) is 30.0 Å². The van der Waals surface area contributed by atoms with Crippen LogP contribution in [0, 0.1) is 5.82 Å². The Labute approximate surface area is 191 Å². The number of rotatable bonds is 5. The molecule has 1 aliphatic heterocycles. The average molecular weight is 449 g/mol. The predicted octanol–water partition coefficient (Wildman–Crippen LogP) is 3.85. The summed E-state index contributed by atoms with van der Waals surface area (Å²) in [5.74, 6) is 0.711. The van der Waals surface area contributed by atoms with Crippen molar-refractivity contribution in [3.8, 4) is 22.6 Å². The molecule has 1 saturated heterocycles. The molecule has 2 fully saturated rings. The van der Waals surface area contributed by atoms with Crippen LogP contribution in [0.3, 0.4) is 0 Å². The van der Waals surface area contributed by atoms with Gasteiger partial charge in [0, 0.05) is 41.7 Å². The lowest BCUT2D eigenvalue weighted by atomic mass is 10.1. The number of hydrogen-bond acceptors (Lipinski definition) is 6. The van der Waals surface area contributed by atoms with Gasteiger partial charge in [0.05, 0.1) is 31.1 Å². The van der Waals surface area contributed by atoms with E-state index in [1.165, 1.54) is 6.07 Å². The number of amides is 2. The molecule has 8 nitrogen and oxygen atoms in total. The normalized spacial score (nSPS) is 18.1. The molecule has 1 aliphatic carbocycles. The van der Waals surface area contributed by atoms with Gasteiger partial charge in [-0.15, -0.1) is 0 Å². The average Bonchev–Trinajstić information content (AvgIpc) is 3.63. The van der Waals surface area contributed by atoms with Crippen LogP contribution in [0.5, 0.6) is 0 Å². The first-order valence-corrected chi connectivity index (χ1v) is 11.1. The van der Waals surface area contributed by atoms with Crippen LogP contribution >= 0.6 is 0 Å². The van der Waals surface area contributed by atoms with Gasteiger partial charge in [0.25, 0.3) is 0 Å². The molecule has 1 atom stereocenters. The summed E-state index contributed by atoms with van der Waals surface area (Å²) in [6.07, 6.45) is 4.78. The minimum absolute atomic E-state index is 0.150. The van der Waals surface area contributed by atoms with E-state index in [0.29, 0.717) is 48.6 Å². The molecule has 0 bridgehead atoms. The number of nitrogens with one attached hydrogen (secondary N) is 2. The maximum absolute atomic E-state index is 13.8. The summed E-state index contributed by atoms with van der Waals surface area (Å²) in [6, 6.07) is 11.0. The highest BCUT2D eigenvalue weighted by atomic mass is 19.1. The second-order valence-corrected chi connectivity index (χ2v) is 8.39. The van der Waals surface area contributed by atoms with E-state index in [4.69, 9.17) is 14.7 Å². The number of hydrogen-bond donors (Lipinski definition) is 2. The Kier molecular flexibility index (Phi) is 5.87. The number of carbonyl (C=O) groups excluding carboxylic acids is 1. The van der Waals surface area contributed by atoms with Crippen LogP contribution in [-0.4, -0.2) is 52.8 Å². The Morgan fingerprint density at radius 3 is 2.67 bits per heavy atom. The summed E-state index contributed by atoms with van der Waals surface area (Å²) in [6.45, 7) is 4.01. The van der Waals surface area contributed by atoms with Gasteiger partial charge in [-0.05, 0) is 38.0 Å². The molecule has 2 N–H and O–H groups in total. The van der Waals surface area contributed by atoms with Gasteiger partial charge in [0.1, 0.15) is 11.6 Å². The predicted molar refractivity (Wildman–Crippen MR) is 123 cm³/mol. The Morgan fingerprint density at radius 2 is 1.94 bits per heavy atom. The summed E-state index contributed by atoms with van der Waals surface area (Å²) in [4.78, 5) is 27.5. The van der Waals surface area contributed by atoms with Crippen molar-refractivity contribution < 1.29 is 13.9 Å². The molecule has 0 spiro atoms. The molecule has 170 valence electrons. The highest BCUT2D eigenvalue weighted by Gasteiger charge is 2.24. The third-order valence-electron chi connectivity index (χ3n) is 5.69. The Bertz CT molecular complexity index is 1150. The monoisotopic (exact) mass is 448 g/mol. The maximum Gasteiger partial charge on any atom is 0.319 e. The molecule has 33 heavy (non-hydrogen) atoms. The maximum atomic E-state index is 13.8. The van der Waals surface area contributed by atoms with Crippen LogP contribution in [-0.2, 0) is 4.74 Å². The number of halogens is 1. The van der Waals surface area contributed by atoms with Crippen molar-refractivity contribution in [1.82, 2.24) is 20.3 Å². The zero-order chi connectivity index (χ0) is 22.8. The standard InChI is InChI=1S/C24H25FN6O2/c1-15-14-33-9-8-31(15)22-11-21(29-23(30-22)17-10-18(25)13-26-12-17)16-2-4-19(5-3-16)27-24(32)28-20-6-7-20/h2-5,10-13,15,20H,6-9,14H2,1H3,(H2,27,28,32). The van der Waals surface area contributed by atoms with Crippen LogP contribution in [0.2, 0.25) is 0 Å². The van der Waals surface area contributed by atoms with Gasteiger partial charge in [-0.2, -0.15) is 0 Å². The van der Waals surface area contributed by atoms with E-state index in [1.807, 2.05) is 30.3 Å². The topological polar surface area (TPSA) is 92.3 Å². The fourth-order valence-electron chi connectivity index (χ4n) is 3.76. The molecule has 2 amide bonds. The fourth-order valence-corrected chi connectivity index (χ4v) is 3.76. The number of pyridine rings is 1. The van der Waals surface area contributed by atoms with E-state index in [2.05, 4.69) is 27.4 Å². The molecular formula is C24H25FN6O2. The smallest absolute Gasteiger partial charge is 0.319 e. The van der Waals surface area contributed by atoms with Gasteiger partial charge in [-0.1, -0.05) is 12.1 Å².